The minimum atomic E-state index is -1.19. The van der Waals surface area contributed by atoms with Gasteiger partial charge in [-0.15, -0.1) is 0 Å². The van der Waals surface area contributed by atoms with E-state index in [2.05, 4.69) is 19.7 Å². The van der Waals surface area contributed by atoms with Crippen LogP contribution in [0.15, 0.2) is 49.6 Å². The van der Waals surface area contributed by atoms with Crippen molar-refractivity contribution in [2.24, 2.45) is 0 Å². The van der Waals surface area contributed by atoms with Crippen molar-refractivity contribution in [3.8, 4) is 0 Å². The molecule has 0 aliphatic rings. The van der Waals surface area contributed by atoms with Gasteiger partial charge in [0.2, 0.25) is 0 Å². The van der Waals surface area contributed by atoms with E-state index < -0.39 is 5.97 Å². The van der Waals surface area contributed by atoms with Crippen LogP contribution in [-0.2, 0) is 4.79 Å². The van der Waals surface area contributed by atoms with Gasteiger partial charge in [-0.1, -0.05) is 56.2 Å². The molecule has 3 heteroatoms. The molecule has 0 aliphatic heterocycles. The molecule has 0 saturated heterocycles. The quantitative estimate of drug-likeness (QED) is 0.528. The van der Waals surface area contributed by atoms with Crippen molar-refractivity contribution in [1.82, 2.24) is 0 Å². The van der Waals surface area contributed by atoms with Gasteiger partial charge in [0, 0.05) is 0 Å². The Kier molecular flexibility index (Phi) is 11.9. The zero-order chi connectivity index (χ0) is 12.6. The van der Waals surface area contributed by atoms with Crippen molar-refractivity contribution < 1.29 is 61.3 Å². The number of hydrogen-bond donors (Lipinski definition) is 0. The van der Waals surface area contributed by atoms with E-state index in [1.54, 1.807) is 0 Å². The number of rotatable bonds is 3. The van der Waals surface area contributed by atoms with E-state index >= 15 is 0 Å². The molecule has 0 fully saturated rings. The first-order chi connectivity index (χ1) is 7.52. The van der Waals surface area contributed by atoms with Crippen LogP contribution >= 0.6 is 0 Å². The molecule has 0 aliphatic carbocycles. The fourth-order valence-electron chi connectivity index (χ4n) is 0.883. The molecule has 0 spiro atoms. The van der Waals surface area contributed by atoms with Gasteiger partial charge in [0.15, 0.2) is 0 Å². The van der Waals surface area contributed by atoms with Crippen LogP contribution in [0.1, 0.15) is 18.1 Å². The van der Waals surface area contributed by atoms with E-state index in [0.717, 1.165) is 11.1 Å². The van der Waals surface area contributed by atoms with Gasteiger partial charge in [0.25, 0.3) is 0 Å². The van der Waals surface area contributed by atoms with Gasteiger partial charge < -0.3 is 9.90 Å². The zero-order valence-electron chi connectivity index (χ0n) is 10.4. The summed E-state index contributed by atoms with van der Waals surface area (Å²) in [6, 6.07) is 8.02. The van der Waals surface area contributed by atoms with Gasteiger partial charge in [-0.05, 0) is 23.6 Å². The molecule has 0 radical (unpaired) electrons. The number of carboxylic acid groups (broad SMARTS) is 1. The van der Waals surface area contributed by atoms with Crippen LogP contribution in [0.4, 0.5) is 0 Å². The normalized spacial score (nSPS) is 7.82. The van der Waals surface area contributed by atoms with E-state index in [-0.39, 0.29) is 57.0 Å². The number of carboxylic acids is 1. The summed E-state index contributed by atoms with van der Waals surface area (Å²) < 4.78 is 0. The van der Waals surface area contributed by atoms with Gasteiger partial charge in [-0.25, -0.2) is 0 Å². The van der Waals surface area contributed by atoms with E-state index in [1.807, 2.05) is 36.4 Å². The predicted molar refractivity (Wildman–Crippen MR) is 66.4 cm³/mol. The maximum absolute atomic E-state index is 9.49. The van der Waals surface area contributed by atoms with Gasteiger partial charge in [0.05, 0.1) is 5.97 Å². The van der Waals surface area contributed by atoms with Crippen LogP contribution in [-0.4, -0.2) is 5.97 Å². The van der Waals surface area contributed by atoms with Crippen LogP contribution in [0.3, 0.4) is 0 Å². The number of hydrogen-bond acceptors (Lipinski definition) is 2. The Morgan fingerprint density at radius 3 is 1.65 bits per heavy atom. The van der Waals surface area contributed by atoms with Crippen LogP contribution in [0, 0.1) is 0 Å². The monoisotopic (exact) mass is 254 g/mol. The molecule has 0 heterocycles. The summed E-state index contributed by atoms with van der Waals surface area (Å²) in [6.07, 6.45) is 3.66. The van der Waals surface area contributed by atoms with Crippen molar-refractivity contribution in [2.75, 3.05) is 0 Å². The summed E-state index contributed by atoms with van der Waals surface area (Å²) >= 11 is 0. The first-order valence-electron chi connectivity index (χ1n) is 4.73. The minimum absolute atomic E-state index is 0. The molecule has 17 heavy (non-hydrogen) atoms. The largest absolute Gasteiger partial charge is 1.00 e. The van der Waals surface area contributed by atoms with Crippen LogP contribution in [0.2, 0.25) is 0 Å². The smallest absolute Gasteiger partial charge is 0.545 e. The van der Waals surface area contributed by atoms with E-state index in [1.165, 1.54) is 6.92 Å². The fraction of sp³-hybridized carbons (Fsp3) is 0.0714. The Labute approximate surface area is 145 Å². The maximum Gasteiger partial charge on any atom is 1.00 e. The number of benzene rings is 1. The average Bonchev–Trinajstić information content (AvgIpc) is 2.29. The molecule has 2 nitrogen and oxygen atoms in total. The van der Waals surface area contributed by atoms with Gasteiger partial charge in [-0.3, -0.25) is 0 Å². The third-order valence-corrected chi connectivity index (χ3v) is 1.78. The van der Waals surface area contributed by atoms with Crippen molar-refractivity contribution >= 4 is 18.1 Å². The van der Waals surface area contributed by atoms with Gasteiger partial charge >= 0.3 is 51.4 Å². The van der Waals surface area contributed by atoms with E-state index in [0.29, 0.717) is 0 Å². The Bertz CT molecular complexity index is 369. The molecule has 1 aromatic carbocycles. The molecular formula is C14H15KO2. The Hall–Kier alpha value is -0.454. The van der Waals surface area contributed by atoms with Gasteiger partial charge in [0.1, 0.15) is 0 Å². The standard InChI is InChI=1S/C10H10.C4H6O2.K/c1-3-9-7-5-6-8-10(9)4-2;1-3(2)4(5)6;/h3-8H,1-2H2;1H2,2H3,(H,5,6);/q;;+1/p-1. The van der Waals surface area contributed by atoms with Gasteiger partial charge in [-0.2, -0.15) is 0 Å². The topological polar surface area (TPSA) is 40.1 Å². The molecule has 0 bridgehead atoms. The molecule has 1 aromatic rings. The molecule has 0 atom stereocenters. The maximum atomic E-state index is 9.49. The SMILES string of the molecule is C=C(C)C(=O)[O-].C=Cc1ccccc1C=C.[K+]. The Morgan fingerprint density at radius 2 is 1.47 bits per heavy atom. The second-order valence-corrected chi connectivity index (χ2v) is 3.10. The molecule has 1 rings (SSSR count). The van der Waals surface area contributed by atoms with Crippen LogP contribution in [0.5, 0.6) is 0 Å². The second kappa shape index (κ2) is 10.7. The Balaban J connectivity index is 0. The molecule has 0 aromatic heterocycles. The number of carbonyl (C=O) groups is 1. The molecule has 0 saturated carbocycles. The summed E-state index contributed by atoms with van der Waals surface area (Å²) in [5, 5.41) is 9.49. The average molecular weight is 254 g/mol. The first-order valence-corrected chi connectivity index (χ1v) is 4.73. The summed E-state index contributed by atoms with van der Waals surface area (Å²) in [5.41, 5.74) is 2.34. The summed E-state index contributed by atoms with van der Waals surface area (Å²) in [6.45, 7) is 11.9. The summed E-state index contributed by atoms with van der Waals surface area (Å²) in [7, 11) is 0. The van der Waals surface area contributed by atoms with Crippen molar-refractivity contribution in [2.45, 2.75) is 6.92 Å². The third-order valence-electron chi connectivity index (χ3n) is 1.78. The Morgan fingerprint density at radius 1 is 1.18 bits per heavy atom. The predicted octanol–water partition coefficient (Wildman–Crippen LogP) is -0.711. The van der Waals surface area contributed by atoms with Crippen LogP contribution < -0.4 is 56.5 Å². The van der Waals surface area contributed by atoms with Crippen LogP contribution in [0.25, 0.3) is 12.2 Å². The van der Waals surface area contributed by atoms with E-state index in [9.17, 15) is 9.90 Å². The number of aliphatic carboxylic acids is 1. The molecule has 84 valence electrons. The molecule has 0 unspecified atom stereocenters. The first kappa shape index (κ1) is 18.9. The molecule has 0 amide bonds. The minimum Gasteiger partial charge on any atom is -0.545 e. The van der Waals surface area contributed by atoms with Crippen molar-refractivity contribution in [1.29, 1.82) is 0 Å². The second-order valence-electron chi connectivity index (χ2n) is 3.10. The summed E-state index contributed by atoms with van der Waals surface area (Å²) in [4.78, 5) is 9.49. The van der Waals surface area contributed by atoms with Crippen molar-refractivity contribution in [3.63, 3.8) is 0 Å². The molecular weight excluding hydrogens is 239 g/mol. The third kappa shape index (κ3) is 8.29. The number of carbonyl (C=O) groups excluding carboxylic acids is 1. The van der Waals surface area contributed by atoms with Crippen molar-refractivity contribution in [3.05, 3.63) is 60.7 Å². The molecule has 0 N–H and O–H groups in total. The fourth-order valence-corrected chi connectivity index (χ4v) is 0.883. The van der Waals surface area contributed by atoms with E-state index in [4.69, 9.17) is 0 Å². The summed E-state index contributed by atoms with van der Waals surface area (Å²) in [5.74, 6) is -1.19. The zero-order valence-corrected chi connectivity index (χ0v) is 13.5.